The molecule has 0 spiro atoms. The summed E-state index contributed by atoms with van der Waals surface area (Å²) in [6, 6.07) is 9.61. The van der Waals surface area contributed by atoms with Crippen LogP contribution in [0.3, 0.4) is 0 Å². The summed E-state index contributed by atoms with van der Waals surface area (Å²) in [7, 11) is 0. The van der Waals surface area contributed by atoms with E-state index >= 15 is 0 Å². The molecule has 0 fully saturated rings. The molecule has 3 rings (SSSR count). The van der Waals surface area contributed by atoms with Crippen molar-refractivity contribution < 1.29 is 4.79 Å². The maximum atomic E-state index is 12.0. The third-order valence-electron chi connectivity index (χ3n) is 3.62. The molecule has 1 N–H and O–H groups in total. The van der Waals surface area contributed by atoms with E-state index in [2.05, 4.69) is 10.4 Å². The van der Waals surface area contributed by atoms with Crippen molar-refractivity contribution in [3.05, 3.63) is 58.9 Å². The number of hydrogen-bond acceptors (Lipinski definition) is 2. The fourth-order valence-electron chi connectivity index (χ4n) is 2.52. The normalized spacial score (nSPS) is 17.7. The van der Waals surface area contributed by atoms with Crippen LogP contribution in [0.1, 0.15) is 17.7 Å². The fraction of sp³-hybridized carbons (Fsp3) is 0.250. The van der Waals surface area contributed by atoms with Gasteiger partial charge in [0.1, 0.15) is 0 Å². The lowest BCUT2D eigenvalue weighted by Crippen LogP contribution is -2.39. The summed E-state index contributed by atoms with van der Waals surface area (Å²) in [6.45, 7) is 0.849. The zero-order valence-electron chi connectivity index (χ0n) is 11.5. The predicted octanol–water partition coefficient (Wildman–Crippen LogP) is 2.68. The van der Waals surface area contributed by atoms with Crippen LogP contribution in [0.15, 0.2) is 42.6 Å². The molecule has 1 amide bonds. The maximum absolute atomic E-state index is 12.0. The van der Waals surface area contributed by atoms with Gasteiger partial charge in [0, 0.05) is 42.0 Å². The lowest BCUT2D eigenvalue weighted by molar-refractivity contribution is -0.117. The Hall–Kier alpha value is -2.07. The monoisotopic (exact) mass is 301 g/mol. The van der Waals surface area contributed by atoms with Gasteiger partial charge in [-0.15, -0.1) is 0 Å². The van der Waals surface area contributed by atoms with Gasteiger partial charge >= 0.3 is 0 Å². The molecule has 108 valence electrons. The molecule has 2 heterocycles. The quantitative estimate of drug-likeness (QED) is 0.886. The number of hydrogen-bond donors (Lipinski definition) is 1. The van der Waals surface area contributed by atoms with Crippen LogP contribution in [0.5, 0.6) is 0 Å². The average molecular weight is 302 g/mol. The molecular formula is C16H16ClN3O. The van der Waals surface area contributed by atoms with Crippen molar-refractivity contribution in [2.45, 2.75) is 25.4 Å². The summed E-state index contributed by atoms with van der Waals surface area (Å²) < 4.78 is 1.99. The molecule has 2 aromatic rings. The van der Waals surface area contributed by atoms with Crippen molar-refractivity contribution in [3.63, 3.8) is 0 Å². The number of aromatic nitrogens is 2. The zero-order chi connectivity index (χ0) is 14.7. The molecule has 4 nitrogen and oxygen atoms in total. The van der Waals surface area contributed by atoms with Crippen LogP contribution in [-0.4, -0.2) is 21.7 Å². The molecule has 0 bridgehead atoms. The molecule has 1 aliphatic rings. The van der Waals surface area contributed by atoms with E-state index in [1.165, 1.54) is 11.8 Å². The molecule has 0 radical (unpaired) electrons. The third kappa shape index (κ3) is 3.34. The molecule has 1 aromatic carbocycles. The van der Waals surface area contributed by atoms with E-state index in [-0.39, 0.29) is 11.9 Å². The second-order valence-electron chi connectivity index (χ2n) is 5.10. The Morgan fingerprint density at radius 3 is 3.10 bits per heavy atom. The van der Waals surface area contributed by atoms with E-state index in [0.29, 0.717) is 5.02 Å². The number of carbonyl (C=O) groups excluding carboxylic acids is 1. The molecule has 1 aromatic heterocycles. The molecule has 0 unspecified atom stereocenters. The Balaban J connectivity index is 1.59. The van der Waals surface area contributed by atoms with Gasteiger partial charge in [-0.1, -0.05) is 29.8 Å². The Labute approximate surface area is 128 Å². The lowest BCUT2D eigenvalue weighted by Gasteiger charge is -2.23. The van der Waals surface area contributed by atoms with E-state index in [1.54, 1.807) is 18.3 Å². The standard InChI is InChI=1S/C16H16ClN3O/c17-15-4-2-1-3-12(15)5-6-16(21)19-13-8-10-20-14(11-13)7-9-18-20/h1-7,9,13H,8,10-11H2,(H,19,21)/b6-5+/t13-/m1/s1. The second kappa shape index (κ2) is 6.14. The SMILES string of the molecule is O=C(/C=C/c1ccccc1Cl)N[C@@H]1CCn2nccc2C1. The minimum atomic E-state index is -0.0899. The van der Waals surface area contributed by atoms with Gasteiger partial charge in [-0.25, -0.2) is 0 Å². The lowest BCUT2D eigenvalue weighted by atomic mass is 10.0. The number of fused-ring (bicyclic) bond motifs is 1. The van der Waals surface area contributed by atoms with E-state index in [0.717, 1.165) is 24.9 Å². The van der Waals surface area contributed by atoms with Gasteiger partial charge in [0.15, 0.2) is 0 Å². The van der Waals surface area contributed by atoms with Crippen molar-refractivity contribution in [2.75, 3.05) is 0 Å². The van der Waals surface area contributed by atoms with Crippen molar-refractivity contribution >= 4 is 23.6 Å². The van der Waals surface area contributed by atoms with Crippen LogP contribution in [0.4, 0.5) is 0 Å². The second-order valence-corrected chi connectivity index (χ2v) is 5.51. The first-order valence-corrected chi connectivity index (χ1v) is 7.34. The van der Waals surface area contributed by atoms with Gasteiger partial charge in [0.05, 0.1) is 0 Å². The smallest absolute Gasteiger partial charge is 0.244 e. The Kier molecular flexibility index (Phi) is 4.06. The molecule has 0 aliphatic carbocycles. The first-order valence-electron chi connectivity index (χ1n) is 6.96. The van der Waals surface area contributed by atoms with E-state index in [4.69, 9.17) is 11.6 Å². The van der Waals surface area contributed by atoms with Crippen LogP contribution < -0.4 is 5.32 Å². The Morgan fingerprint density at radius 1 is 1.38 bits per heavy atom. The average Bonchev–Trinajstić information content (AvgIpc) is 2.94. The Bertz CT molecular complexity index is 678. The highest BCUT2D eigenvalue weighted by Crippen LogP contribution is 2.16. The van der Waals surface area contributed by atoms with Gasteiger partial charge in [-0.05, 0) is 30.2 Å². The fourth-order valence-corrected chi connectivity index (χ4v) is 2.71. The highest BCUT2D eigenvalue weighted by atomic mass is 35.5. The van der Waals surface area contributed by atoms with Gasteiger partial charge in [0.2, 0.25) is 5.91 Å². The van der Waals surface area contributed by atoms with Crippen molar-refractivity contribution in [1.29, 1.82) is 0 Å². The number of carbonyl (C=O) groups is 1. The summed E-state index contributed by atoms with van der Waals surface area (Å²) in [5, 5.41) is 7.90. The van der Waals surface area contributed by atoms with E-state index in [1.807, 2.05) is 28.9 Å². The first-order chi connectivity index (χ1) is 10.2. The molecule has 0 saturated heterocycles. The molecule has 0 saturated carbocycles. The van der Waals surface area contributed by atoms with Crippen molar-refractivity contribution in [1.82, 2.24) is 15.1 Å². The minimum Gasteiger partial charge on any atom is -0.349 e. The molecule has 1 aliphatic heterocycles. The van der Waals surface area contributed by atoms with Crippen LogP contribution >= 0.6 is 11.6 Å². The highest BCUT2D eigenvalue weighted by molar-refractivity contribution is 6.32. The topological polar surface area (TPSA) is 46.9 Å². The summed E-state index contributed by atoms with van der Waals surface area (Å²) in [4.78, 5) is 12.0. The van der Waals surface area contributed by atoms with Crippen LogP contribution in [0, 0.1) is 0 Å². The number of halogens is 1. The summed E-state index contributed by atoms with van der Waals surface area (Å²) in [6.07, 6.45) is 6.81. The number of rotatable bonds is 3. The van der Waals surface area contributed by atoms with E-state index in [9.17, 15) is 4.79 Å². The number of nitrogens with one attached hydrogen (secondary N) is 1. The van der Waals surface area contributed by atoms with Gasteiger partial charge in [0.25, 0.3) is 0 Å². The largest absolute Gasteiger partial charge is 0.349 e. The number of nitrogens with zero attached hydrogens (tertiary/aromatic N) is 2. The molecule has 1 atom stereocenters. The summed E-state index contributed by atoms with van der Waals surface area (Å²) >= 11 is 6.05. The summed E-state index contributed by atoms with van der Waals surface area (Å²) in [5.41, 5.74) is 2.01. The van der Waals surface area contributed by atoms with Crippen LogP contribution in [0.2, 0.25) is 5.02 Å². The maximum Gasteiger partial charge on any atom is 0.244 e. The molecule has 5 heteroatoms. The van der Waals surface area contributed by atoms with E-state index < -0.39 is 0 Å². The van der Waals surface area contributed by atoms with Crippen molar-refractivity contribution in [2.24, 2.45) is 0 Å². The molecule has 21 heavy (non-hydrogen) atoms. The third-order valence-corrected chi connectivity index (χ3v) is 3.96. The molecular weight excluding hydrogens is 286 g/mol. The van der Waals surface area contributed by atoms with Crippen LogP contribution in [0.25, 0.3) is 6.08 Å². The zero-order valence-corrected chi connectivity index (χ0v) is 12.3. The highest BCUT2D eigenvalue weighted by Gasteiger charge is 2.19. The number of aryl methyl sites for hydroxylation is 1. The van der Waals surface area contributed by atoms with Gasteiger partial charge in [-0.2, -0.15) is 5.10 Å². The summed E-state index contributed by atoms with van der Waals surface area (Å²) in [5.74, 6) is -0.0899. The minimum absolute atomic E-state index is 0.0899. The van der Waals surface area contributed by atoms with Gasteiger partial charge < -0.3 is 5.32 Å². The number of amides is 1. The first kappa shape index (κ1) is 13.9. The Morgan fingerprint density at radius 2 is 2.24 bits per heavy atom. The number of benzene rings is 1. The van der Waals surface area contributed by atoms with Crippen LogP contribution in [-0.2, 0) is 17.8 Å². The van der Waals surface area contributed by atoms with Crippen molar-refractivity contribution in [3.8, 4) is 0 Å². The predicted molar refractivity (Wildman–Crippen MR) is 83.0 cm³/mol. The van der Waals surface area contributed by atoms with Gasteiger partial charge in [-0.3, -0.25) is 9.48 Å².